The van der Waals surface area contributed by atoms with Crippen LogP contribution in [0.4, 0.5) is 5.69 Å². The highest BCUT2D eigenvalue weighted by molar-refractivity contribution is 7.10. The van der Waals surface area contributed by atoms with Crippen LogP contribution in [0.2, 0.25) is 0 Å². The first-order valence-electron chi connectivity index (χ1n) is 8.73. The van der Waals surface area contributed by atoms with Gasteiger partial charge in [0.1, 0.15) is 0 Å². The molecule has 0 aliphatic carbocycles. The molecule has 0 bridgehead atoms. The quantitative estimate of drug-likeness (QED) is 0.711. The summed E-state index contributed by atoms with van der Waals surface area (Å²) in [6.07, 6.45) is 3.52. The summed E-state index contributed by atoms with van der Waals surface area (Å²) < 4.78 is 0. The summed E-state index contributed by atoms with van der Waals surface area (Å²) in [5, 5.41) is 3.28. The molecule has 0 radical (unpaired) electrons. The third-order valence-electron chi connectivity index (χ3n) is 5.05. The van der Waals surface area contributed by atoms with E-state index < -0.39 is 0 Å². The Labute approximate surface area is 151 Å². The summed E-state index contributed by atoms with van der Waals surface area (Å²) in [6, 6.07) is 14.9. The predicted octanol–water partition coefficient (Wildman–Crippen LogP) is 4.24. The lowest BCUT2D eigenvalue weighted by Crippen LogP contribution is -2.31. The van der Waals surface area contributed by atoms with E-state index in [1.807, 2.05) is 11.0 Å². The van der Waals surface area contributed by atoms with Crippen LogP contribution in [0.1, 0.15) is 28.1 Å². The van der Waals surface area contributed by atoms with Crippen molar-refractivity contribution in [2.75, 3.05) is 11.4 Å². The number of anilines is 1. The summed E-state index contributed by atoms with van der Waals surface area (Å²) >= 11 is 1.71. The lowest BCUT2D eigenvalue weighted by Gasteiger charge is -2.25. The Balaban J connectivity index is 1.49. The largest absolute Gasteiger partial charge is 0.312 e. The standard InChI is InChI=1S/C21H18N2OS/c24-20-12-17-11-16(10-15-7-4-8-23(20)21(15)17)18-13-25-19(22-18)9-14-5-2-1-3-6-14/h1-3,5-6,10-11,13H,4,7-9,12H2. The number of hydrogen-bond donors (Lipinski definition) is 0. The van der Waals surface area contributed by atoms with Crippen LogP contribution in [0.25, 0.3) is 11.3 Å². The Morgan fingerprint density at radius 2 is 1.96 bits per heavy atom. The number of hydrogen-bond acceptors (Lipinski definition) is 3. The predicted molar refractivity (Wildman–Crippen MR) is 101 cm³/mol. The van der Waals surface area contributed by atoms with Gasteiger partial charge in [-0.3, -0.25) is 4.79 Å². The molecule has 0 fully saturated rings. The van der Waals surface area contributed by atoms with Crippen molar-refractivity contribution in [2.24, 2.45) is 0 Å². The first-order valence-corrected chi connectivity index (χ1v) is 9.61. The second-order valence-electron chi connectivity index (χ2n) is 6.76. The van der Waals surface area contributed by atoms with Crippen molar-refractivity contribution in [3.8, 4) is 11.3 Å². The fraction of sp³-hybridized carbons (Fsp3) is 0.238. The zero-order valence-electron chi connectivity index (χ0n) is 13.9. The molecule has 124 valence electrons. The molecule has 0 saturated heterocycles. The van der Waals surface area contributed by atoms with Crippen molar-refractivity contribution in [3.63, 3.8) is 0 Å². The zero-order chi connectivity index (χ0) is 16.8. The first kappa shape index (κ1) is 14.8. The van der Waals surface area contributed by atoms with Crippen molar-refractivity contribution in [1.29, 1.82) is 0 Å². The topological polar surface area (TPSA) is 33.2 Å². The highest BCUT2D eigenvalue weighted by atomic mass is 32.1. The molecule has 2 aromatic carbocycles. The Bertz CT molecular complexity index is 961. The van der Waals surface area contributed by atoms with E-state index in [0.29, 0.717) is 6.42 Å². The van der Waals surface area contributed by atoms with E-state index in [1.165, 1.54) is 22.4 Å². The molecule has 3 nitrogen and oxygen atoms in total. The van der Waals surface area contributed by atoms with Crippen molar-refractivity contribution >= 4 is 22.9 Å². The van der Waals surface area contributed by atoms with Crippen LogP contribution < -0.4 is 4.90 Å². The van der Waals surface area contributed by atoms with Gasteiger partial charge in [-0.1, -0.05) is 30.3 Å². The SMILES string of the molecule is O=C1Cc2cc(-c3csc(Cc4ccccc4)n3)cc3c2N1CCC3. The highest BCUT2D eigenvalue weighted by Crippen LogP contribution is 2.40. The van der Waals surface area contributed by atoms with Gasteiger partial charge < -0.3 is 4.90 Å². The molecule has 0 N–H and O–H groups in total. The number of benzene rings is 2. The van der Waals surface area contributed by atoms with Crippen LogP contribution in [-0.2, 0) is 24.1 Å². The number of thiazole rings is 1. The van der Waals surface area contributed by atoms with Gasteiger partial charge in [0.05, 0.1) is 22.8 Å². The summed E-state index contributed by atoms with van der Waals surface area (Å²) in [6.45, 7) is 0.871. The van der Waals surface area contributed by atoms with Gasteiger partial charge in [0.25, 0.3) is 0 Å². The van der Waals surface area contributed by atoms with E-state index in [1.54, 1.807) is 11.3 Å². The summed E-state index contributed by atoms with van der Waals surface area (Å²) in [5.41, 5.74) is 7.14. The van der Waals surface area contributed by atoms with E-state index >= 15 is 0 Å². The van der Waals surface area contributed by atoms with Gasteiger partial charge in [0.2, 0.25) is 5.91 Å². The van der Waals surface area contributed by atoms with Crippen LogP contribution in [0.5, 0.6) is 0 Å². The second-order valence-corrected chi connectivity index (χ2v) is 7.70. The molecular formula is C21H18N2OS. The average molecular weight is 346 g/mol. The highest BCUT2D eigenvalue weighted by Gasteiger charge is 2.32. The van der Waals surface area contributed by atoms with Crippen LogP contribution in [0.3, 0.4) is 0 Å². The van der Waals surface area contributed by atoms with Gasteiger partial charge in [-0.15, -0.1) is 11.3 Å². The number of nitrogens with zero attached hydrogens (tertiary/aromatic N) is 2. The molecule has 4 heteroatoms. The van der Waals surface area contributed by atoms with Crippen molar-refractivity contribution < 1.29 is 4.79 Å². The normalized spacial score (nSPS) is 15.5. The molecule has 0 atom stereocenters. The molecule has 1 aromatic heterocycles. The molecule has 0 saturated carbocycles. The molecule has 0 unspecified atom stereocenters. The Kier molecular flexibility index (Phi) is 3.45. The first-order chi connectivity index (χ1) is 12.3. The number of rotatable bonds is 3. The van der Waals surface area contributed by atoms with Crippen LogP contribution in [-0.4, -0.2) is 17.4 Å². The van der Waals surface area contributed by atoms with Crippen molar-refractivity contribution in [1.82, 2.24) is 4.98 Å². The molecule has 2 aliphatic heterocycles. The second kappa shape index (κ2) is 5.81. The minimum Gasteiger partial charge on any atom is -0.312 e. The van der Waals surface area contributed by atoms with Crippen molar-refractivity contribution in [3.05, 3.63) is 69.5 Å². The maximum atomic E-state index is 12.2. The third-order valence-corrected chi connectivity index (χ3v) is 5.90. The van der Waals surface area contributed by atoms with Gasteiger partial charge >= 0.3 is 0 Å². The molecule has 5 rings (SSSR count). The van der Waals surface area contributed by atoms with E-state index in [4.69, 9.17) is 4.98 Å². The smallest absolute Gasteiger partial charge is 0.231 e. The number of aromatic nitrogens is 1. The van der Waals surface area contributed by atoms with Crippen LogP contribution in [0, 0.1) is 0 Å². The van der Waals surface area contributed by atoms with E-state index in [2.05, 4.69) is 41.8 Å². The lowest BCUT2D eigenvalue weighted by molar-refractivity contribution is -0.117. The maximum Gasteiger partial charge on any atom is 0.231 e. The fourth-order valence-electron chi connectivity index (χ4n) is 3.92. The van der Waals surface area contributed by atoms with Crippen molar-refractivity contribution in [2.45, 2.75) is 25.7 Å². The minimum absolute atomic E-state index is 0.246. The molecular weight excluding hydrogens is 328 g/mol. The Hall–Kier alpha value is -2.46. The van der Waals surface area contributed by atoms with Gasteiger partial charge in [-0.05, 0) is 41.7 Å². The Morgan fingerprint density at radius 3 is 2.84 bits per heavy atom. The molecule has 3 heterocycles. The number of carbonyl (C=O) groups is 1. The van der Waals surface area contributed by atoms with Crippen LogP contribution in [0.15, 0.2) is 47.8 Å². The van der Waals surface area contributed by atoms with Crippen LogP contribution >= 0.6 is 11.3 Å². The summed E-state index contributed by atoms with van der Waals surface area (Å²) in [5.74, 6) is 0.246. The monoisotopic (exact) mass is 346 g/mol. The fourth-order valence-corrected chi connectivity index (χ4v) is 4.76. The number of aryl methyl sites for hydroxylation is 1. The number of amides is 1. The van der Waals surface area contributed by atoms with E-state index in [0.717, 1.165) is 42.1 Å². The summed E-state index contributed by atoms with van der Waals surface area (Å²) in [7, 11) is 0. The molecule has 25 heavy (non-hydrogen) atoms. The minimum atomic E-state index is 0.246. The van der Waals surface area contributed by atoms with Gasteiger partial charge in [0, 0.05) is 23.9 Å². The van der Waals surface area contributed by atoms with E-state index in [9.17, 15) is 4.79 Å². The van der Waals surface area contributed by atoms with Gasteiger partial charge in [-0.25, -0.2) is 4.98 Å². The molecule has 0 spiro atoms. The molecule has 2 aliphatic rings. The van der Waals surface area contributed by atoms with Gasteiger partial charge in [0.15, 0.2) is 0 Å². The number of carbonyl (C=O) groups excluding carboxylic acids is 1. The lowest BCUT2D eigenvalue weighted by atomic mass is 9.96. The van der Waals surface area contributed by atoms with Gasteiger partial charge in [-0.2, -0.15) is 0 Å². The average Bonchev–Trinajstić information content (AvgIpc) is 3.22. The maximum absolute atomic E-state index is 12.2. The zero-order valence-corrected chi connectivity index (χ0v) is 14.7. The summed E-state index contributed by atoms with van der Waals surface area (Å²) in [4.78, 5) is 19.0. The van der Waals surface area contributed by atoms with E-state index in [-0.39, 0.29) is 5.91 Å². The third kappa shape index (κ3) is 2.57. The Morgan fingerprint density at radius 1 is 1.12 bits per heavy atom. The molecule has 3 aromatic rings. The molecule has 1 amide bonds.